The molecule has 0 radical (unpaired) electrons. The van der Waals surface area contributed by atoms with Crippen molar-refractivity contribution in [1.29, 1.82) is 0 Å². The molecule has 0 unspecified atom stereocenters. The number of hydrogen-bond donors (Lipinski definition) is 4. The number of hydrogen-bond acceptors (Lipinski definition) is 3. The number of halogens is 1. The van der Waals surface area contributed by atoms with E-state index in [0.717, 1.165) is 0 Å². The van der Waals surface area contributed by atoms with Crippen molar-refractivity contribution in [2.75, 3.05) is 18.5 Å². The molecule has 17 heavy (non-hydrogen) atoms. The fourth-order valence-electron chi connectivity index (χ4n) is 1.13. The van der Waals surface area contributed by atoms with E-state index in [9.17, 15) is 4.79 Å². The zero-order valence-corrected chi connectivity index (χ0v) is 10.2. The summed E-state index contributed by atoms with van der Waals surface area (Å²) in [4.78, 5) is 11.6. The Bertz CT molecular complexity index is 394. The van der Waals surface area contributed by atoms with E-state index in [1.54, 1.807) is 24.3 Å². The number of amides is 2. The Hall–Kier alpha value is -1.30. The molecule has 0 heterocycles. The Kier molecular flexibility index (Phi) is 4.74. The fraction of sp³-hybridized carbons (Fsp3) is 0.364. The van der Waals surface area contributed by atoms with E-state index in [1.807, 2.05) is 0 Å². The lowest BCUT2D eigenvalue weighted by atomic mass is 10.1. The highest BCUT2D eigenvalue weighted by Crippen LogP contribution is 2.14. The maximum Gasteiger partial charge on any atom is 0.319 e. The van der Waals surface area contributed by atoms with Crippen LogP contribution in [0.1, 0.15) is 6.92 Å². The molecular weight excluding hydrogens is 244 g/mol. The van der Waals surface area contributed by atoms with Gasteiger partial charge in [0.1, 0.15) is 0 Å². The molecule has 0 aliphatic rings. The minimum Gasteiger partial charge on any atom is -0.394 e. The van der Waals surface area contributed by atoms with Crippen molar-refractivity contribution in [2.45, 2.75) is 12.5 Å². The van der Waals surface area contributed by atoms with E-state index in [-0.39, 0.29) is 13.2 Å². The molecule has 0 spiro atoms. The van der Waals surface area contributed by atoms with Crippen molar-refractivity contribution >= 4 is 23.3 Å². The van der Waals surface area contributed by atoms with Crippen LogP contribution in [0.5, 0.6) is 0 Å². The zero-order chi connectivity index (χ0) is 12.9. The number of nitrogens with one attached hydrogen (secondary N) is 2. The second-order valence-electron chi connectivity index (χ2n) is 3.97. The summed E-state index contributed by atoms with van der Waals surface area (Å²) in [5, 5.41) is 23.6. The van der Waals surface area contributed by atoms with Crippen LogP contribution in [0, 0.1) is 0 Å². The molecule has 1 aromatic rings. The lowest BCUT2D eigenvalue weighted by Crippen LogP contribution is -2.53. The highest BCUT2D eigenvalue weighted by atomic mass is 35.5. The summed E-state index contributed by atoms with van der Waals surface area (Å²) in [6.07, 6.45) is 0. The van der Waals surface area contributed by atoms with Crippen LogP contribution in [-0.2, 0) is 0 Å². The molecule has 0 atom stereocenters. The van der Waals surface area contributed by atoms with Crippen LogP contribution in [-0.4, -0.2) is 35.0 Å². The second-order valence-corrected chi connectivity index (χ2v) is 4.40. The predicted molar refractivity (Wildman–Crippen MR) is 66.2 cm³/mol. The highest BCUT2D eigenvalue weighted by molar-refractivity contribution is 6.30. The van der Waals surface area contributed by atoms with E-state index >= 15 is 0 Å². The fourth-order valence-corrected chi connectivity index (χ4v) is 1.32. The first-order valence-electron chi connectivity index (χ1n) is 5.05. The average Bonchev–Trinajstić information content (AvgIpc) is 2.28. The van der Waals surface area contributed by atoms with Gasteiger partial charge in [-0.05, 0) is 25.1 Å². The van der Waals surface area contributed by atoms with E-state index in [0.29, 0.717) is 10.7 Å². The number of urea groups is 1. The molecular formula is C11H15ClN2O3. The molecule has 94 valence electrons. The lowest BCUT2D eigenvalue weighted by Gasteiger charge is -2.26. The maximum absolute atomic E-state index is 11.6. The number of carbonyl (C=O) groups excluding carboxylic acids is 1. The van der Waals surface area contributed by atoms with E-state index in [4.69, 9.17) is 21.8 Å². The number of anilines is 1. The molecule has 0 aliphatic carbocycles. The van der Waals surface area contributed by atoms with Gasteiger partial charge < -0.3 is 20.8 Å². The molecule has 5 nitrogen and oxygen atoms in total. The van der Waals surface area contributed by atoms with Crippen molar-refractivity contribution in [1.82, 2.24) is 5.32 Å². The molecule has 0 saturated carbocycles. The molecule has 0 bridgehead atoms. The van der Waals surface area contributed by atoms with Gasteiger partial charge in [0.05, 0.1) is 18.8 Å². The number of carbonyl (C=O) groups is 1. The Labute approximate surface area is 104 Å². The Morgan fingerprint density at radius 2 is 2.06 bits per heavy atom. The molecule has 6 heteroatoms. The van der Waals surface area contributed by atoms with Crippen LogP contribution in [0.15, 0.2) is 24.3 Å². The topological polar surface area (TPSA) is 81.6 Å². The van der Waals surface area contributed by atoms with Gasteiger partial charge in [0.25, 0.3) is 0 Å². The van der Waals surface area contributed by atoms with E-state index in [1.165, 1.54) is 6.92 Å². The predicted octanol–water partition coefficient (Wildman–Crippen LogP) is 1.20. The summed E-state index contributed by atoms with van der Waals surface area (Å²) < 4.78 is 0. The standard InChI is InChI=1S/C11H15ClN2O3/c1-11(6-15,7-16)14-10(17)13-9-4-2-3-8(12)5-9/h2-5,15-16H,6-7H2,1H3,(H2,13,14,17). The lowest BCUT2D eigenvalue weighted by molar-refractivity contribution is 0.111. The smallest absolute Gasteiger partial charge is 0.319 e. The summed E-state index contributed by atoms with van der Waals surface area (Å²) in [5.41, 5.74) is -0.518. The minimum atomic E-state index is -1.05. The van der Waals surface area contributed by atoms with Crippen LogP contribution < -0.4 is 10.6 Å². The normalized spacial score (nSPS) is 11.1. The number of aliphatic hydroxyl groups excluding tert-OH is 2. The quantitative estimate of drug-likeness (QED) is 0.655. The van der Waals surface area contributed by atoms with Gasteiger partial charge in [-0.3, -0.25) is 0 Å². The van der Waals surface area contributed by atoms with Crippen LogP contribution in [0.2, 0.25) is 5.02 Å². The first-order valence-corrected chi connectivity index (χ1v) is 5.43. The van der Waals surface area contributed by atoms with Crippen molar-refractivity contribution in [2.24, 2.45) is 0 Å². The number of benzene rings is 1. The Morgan fingerprint density at radius 3 is 2.59 bits per heavy atom. The number of rotatable bonds is 4. The van der Waals surface area contributed by atoms with E-state index in [2.05, 4.69) is 10.6 Å². The van der Waals surface area contributed by atoms with Crippen molar-refractivity contribution in [3.8, 4) is 0 Å². The molecule has 1 aromatic carbocycles. The van der Waals surface area contributed by atoms with Gasteiger partial charge >= 0.3 is 6.03 Å². The van der Waals surface area contributed by atoms with Gasteiger partial charge in [-0.2, -0.15) is 0 Å². The summed E-state index contributed by atoms with van der Waals surface area (Å²) in [5.74, 6) is 0. The van der Waals surface area contributed by atoms with Gasteiger partial charge in [0, 0.05) is 10.7 Å². The van der Waals surface area contributed by atoms with Crippen molar-refractivity contribution in [3.63, 3.8) is 0 Å². The monoisotopic (exact) mass is 258 g/mol. The molecule has 2 amide bonds. The van der Waals surface area contributed by atoms with Gasteiger partial charge in [0.15, 0.2) is 0 Å². The molecule has 0 fully saturated rings. The largest absolute Gasteiger partial charge is 0.394 e. The molecule has 0 aromatic heterocycles. The molecule has 4 N–H and O–H groups in total. The van der Waals surface area contributed by atoms with Gasteiger partial charge in [-0.25, -0.2) is 4.79 Å². The first kappa shape index (κ1) is 13.8. The van der Waals surface area contributed by atoms with Gasteiger partial charge in [-0.1, -0.05) is 17.7 Å². The molecule has 0 aliphatic heterocycles. The average molecular weight is 259 g/mol. The Balaban J connectivity index is 2.61. The molecule has 1 rings (SSSR count). The van der Waals surface area contributed by atoms with Crippen molar-refractivity contribution in [3.05, 3.63) is 29.3 Å². The van der Waals surface area contributed by atoms with Gasteiger partial charge in [-0.15, -0.1) is 0 Å². The van der Waals surface area contributed by atoms with Crippen LogP contribution in [0.3, 0.4) is 0 Å². The SMILES string of the molecule is CC(CO)(CO)NC(=O)Nc1cccc(Cl)c1. The summed E-state index contributed by atoms with van der Waals surface area (Å²) in [6.45, 7) is 0.823. The zero-order valence-electron chi connectivity index (χ0n) is 9.40. The highest BCUT2D eigenvalue weighted by Gasteiger charge is 2.24. The Morgan fingerprint density at radius 1 is 1.41 bits per heavy atom. The van der Waals surface area contributed by atoms with Crippen LogP contribution in [0.25, 0.3) is 0 Å². The summed E-state index contributed by atoms with van der Waals surface area (Å²) in [6, 6.07) is 6.15. The summed E-state index contributed by atoms with van der Waals surface area (Å²) in [7, 11) is 0. The number of aliphatic hydroxyl groups is 2. The van der Waals surface area contributed by atoms with Crippen LogP contribution >= 0.6 is 11.6 Å². The second kappa shape index (κ2) is 5.86. The van der Waals surface area contributed by atoms with Crippen molar-refractivity contribution < 1.29 is 15.0 Å². The summed E-state index contributed by atoms with van der Waals surface area (Å²) >= 11 is 5.76. The third kappa shape index (κ3) is 4.22. The van der Waals surface area contributed by atoms with Crippen LogP contribution in [0.4, 0.5) is 10.5 Å². The molecule has 0 saturated heterocycles. The maximum atomic E-state index is 11.6. The van der Waals surface area contributed by atoms with E-state index < -0.39 is 11.6 Å². The third-order valence-electron chi connectivity index (χ3n) is 2.20. The first-order chi connectivity index (χ1) is 7.99. The minimum absolute atomic E-state index is 0.355. The third-order valence-corrected chi connectivity index (χ3v) is 2.43. The van der Waals surface area contributed by atoms with Gasteiger partial charge in [0.2, 0.25) is 0 Å².